The second-order valence-electron chi connectivity index (χ2n) is 7.54. The molecule has 0 aliphatic heterocycles. The van der Waals surface area contributed by atoms with Crippen LogP contribution in [-0.4, -0.2) is 86.7 Å². The highest BCUT2D eigenvalue weighted by Crippen LogP contribution is 2.25. The van der Waals surface area contributed by atoms with Crippen LogP contribution in [0.1, 0.15) is 20.7 Å². The molecule has 0 aromatic heterocycles. The standard InChI is InChI=1S/C23H16N4O16/c28-14(18(32)33)24-10-3-1-8(5-12(10)26-16(30)20(36)37)22(40)42-7-43-23(41)9-2-4-11(25-15(29)19(34)35)13(6-9)27-17(31)21(38)39/h1-6H,7H2,(H,24,28)(H,25,29)(H,26,30)(H,27,31)(H,32,33)(H,34,35)(H,36,37)(H,38,39). The quantitative estimate of drug-likeness (QED) is 0.0991. The summed E-state index contributed by atoms with van der Waals surface area (Å²) in [6.45, 7) is -1.07. The molecule has 0 fully saturated rings. The third-order valence-corrected chi connectivity index (χ3v) is 4.66. The van der Waals surface area contributed by atoms with Gasteiger partial charge in [-0.3, -0.25) is 19.2 Å². The molecule has 0 aliphatic carbocycles. The maximum atomic E-state index is 12.4. The van der Waals surface area contributed by atoms with E-state index in [9.17, 15) is 47.9 Å². The number of benzene rings is 2. The summed E-state index contributed by atoms with van der Waals surface area (Å²) in [6, 6.07) is 5.42. The molecule has 2 rings (SSSR count). The number of ether oxygens (including phenoxy) is 2. The number of amides is 4. The number of carbonyl (C=O) groups is 10. The Morgan fingerprint density at radius 2 is 0.744 bits per heavy atom. The lowest BCUT2D eigenvalue weighted by Gasteiger charge is -2.13. The van der Waals surface area contributed by atoms with Crippen LogP contribution >= 0.6 is 0 Å². The highest BCUT2D eigenvalue weighted by Gasteiger charge is 2.22. The molecule has 20 nitrogen and oxygen atoms in total. The minimum Gasteiger partial charge on any atom is -0.474 e. The lowest BCUT2D eigenvalue weighted by atomic mass is 10.1. The fourth-order valence-electron chi connectivity index (χ4n) is 2.77. The van der Waals surface area contributed by atoms with Gasteiger partial charge in [-0.2, -0.15) is 0 Å². The lowest BCUT2D eigenvalue weighted by molar-refractivity contribution is -0.147. The first-order chi connectivity index (χ1) is 20.1. The van der Waals surface area contributed by atoms with E-state index < -0.39 is 100 Å². The third kappa shape index (κ3) is 9.10. The van der Waals surface area contributed by atoms with Gasteiger partial charge in [-0.05, 0) is 36.4 Å². The van der Waals surface area contributed by atoms with E-state index in [0.717, 1.165) is 36.4 Å². The van der Waals surface area contributed by atoms with E-state index in [1.54, 1.807) is 0 Å². The van der Waals surface area contributed by atoms with Gasteiger partial charge in [-0.1, -0.05) is 0 Å². The molecule has 8 N–H and O–H groups in total. The molecule has 0 aliphatic rings. The number of rotatable bonds is 8. The molecule has 0 unspecified atom stereocenters. The summed E-state index contributed by atoms with van der Waals surface area (Å²) in [5, 5.41) is 42.4. The van der Waals surface area contributed by atoms with Gasteiger partial charge < -0.3 is 51.2 Å². The number of aliphatic carboxylic acids is 4. The maximum Gasteiger partial charge on any atom is 0.394 e. The number of nitrogens with one attached hydrogen (secondary N) is 4. The van der Waals surface area contributed by atoms with Crippen LogP contribution < -0.4 is 21.3 Å². The monoisotopic (exact) mass is 604 g/mol. The van der Waals surface area contributed by atoms with E-state index in [-0.39, 0.29) is 0 Å². The Balaban J connectivity index is 2.18. The maximum absolute atomic E-state index is 12.4. The number of carboxylic acid groups (broad SMARTS) is 4. The van der Waals surface area contributed by atoms with Gasteiger partial charge in [0.1, 0.15) is 0 Å². The minimum absolute atomic E-state index is 0.401. The SMILES string of the molecule is O=C(O)C(=O)Nc1ccc(C(=O)OCOC(=O)c2ccc(NC(=O)C(=O)O)c(NC(=O)C(=O)O)c2)cc1NC(=O)C(=O)O. The normalized spacial score (nSPS) is 9.86. The molecule has 0 atom stereocenters. The first-order valence-electron chi connectivity index (χ1n) is 10.9. The van der Waals surface area contributed by atoms with E-state index in [2.05, 4.69) is 0 Å². The van der Waals surface area contributed by atoms with Crippen molar-refractivity contribution in [3.63, 3.8) is 0 Å². The van der Waals surface area contributed by atoms with Gasteiger partial charge in [0.15, 0.2) is 0 Å². The molecule has 20 heteroatoms. The Morgan fingerprint density at radius 1 is 0.465 bits per heavy atom. The highest BCUT2D eigenvalue weighted by atomic mass is 16.7. The largest absolute Gasteiger partial charge is 0.474 e. The average Bonchev–Trinajstić information content (AvgIpc) is 2.94. The van der Waals surface area contributed by atoms with Crippen molar-refractivity contribution in [3.05, 3.63) is 47.5 Å². The average molecular weight is 604 g/mol. The number of carboxylic acids is 4. The van der Waals surface area contributed by atoms with Crippen LogP contribution in [0, 0.1) is 0 Å². The number of carbonyl (C=O) groups excluding carboxylic acids is 6. The summed E-state index contributed by atoms with van der Waals surface area (Å²) >= 11 is 0. The molecule has 0 saturated heterocycles. The Morgan fingerprint density at radius 3 is 1.02 bits per heavy atom. The molecule has 2 aromatic rings. The van der Waals surface area contributed by atoms with Crippen molar-refractivity contribution in [1.29, 1.82) is 0 Å². The zero-order chi connectivity index (χ0) is 32.4. The molecule has 2 aromatic carbocycles. The Hall–Kier alpha value is -6.86. The van der Waals surface area contributed by atoms with Crippen molar-refractivity contribution < 1.29 is 77.8 Å². The Bertz CT molecular complexity index is 1470. The van der Waals surface area contributed by atoms with Gasteiger partial charge in [0.05, 0.1) is 33.9 Å². The van der Waals surface area contributed by atoms with Crippen LogP contribution in [0.3, 0.4) is 0 Å². The fourth-order valence-corrected chi connectivity index (χ4v) is 2.77. The fraction of sp³-hybridized carbons (Fsp3) is 0.0435. The van der Waals surface area contributed by atoms with E-state index >= 15 is 0 Å². The third-order valence-electron chi connectivity index (χ3n) is 4.66. The minimum atomic E-state index is -1.96. The van der Waals surface area contributed by atoms with Crippen molar-refractivity contribution in [2.75, 3.05) is 28.1 Å². The van der Waals surface area contributed by atoms with Crippen LogP contribution in [0.15, 0.2) is 36.4 Å². The number of esters is 2. The van der Waals surface area contributed by atoms with Crippen molar-refractivity contribution in [2.24, 2.45) is 0 Å². The topological polar surface area (TPSA) is 318 Å². The highest BCUT2D eigenvalue weighted by molar-refractivity contribution is 6.39. The zero-order valence-corrected chi connectivity index (χ0v) is 20.9. The molecular formula is C23H16N4O16. The lowest BCUT2D eigenvalue weighted by Crippen LogP contribution is -2.26. The van der Waals surface area contributed by atoms with Crippen LogP contribution in [0.25, 0.3) is 0 Å². The smallest absolute Gasteiger partial charge is 0.394 e. The molecule has 0 saturated carbocycles. The van der Waals surface area contributed by atoms with E-state index in [1.807, 2.05) is 21.3 Å². The van der Waals surface area contributed by atoms with Gasteiger partial charge in [0, 0.05) is 0 Å². The van der Waals surface area contributed by atoms with Crippen LogP contribution in [0.2, 0.25) is 0 Å². The molecule has 4 amide bonds. The summed E-state index contributed by atoms with van der Waals surface area (Å²) in [5.41, 5.74) is -2.64. The second kappa shape index (κ2) is 14.0. The van der Waals surface area contributed by atoms with E-state index in [4.69, 9.17) is 29.9 Å². The summed E-state index contributed by atoms with van der Waals surface area (Å²) < 4.78 is 9.51. The summed E-state index contributed by atoms with van der Waals surface area (Å²) in [5.74, 6) is -16.6. The number of hydrogen-bond acceptors (Lipinski definition) is 12. The molecule has 0 heterocycles. The van der Waals surface area contributed by atoms with E-state index in [0.29, 0.717) is 0 Å². The molecule has 0 bridgehead atoms. The molecule has 0 spiro atoms. The van der Waals surface area contributed by atoms with Crippen LogP contribution in [0.4, 0.5) is 22.7 Å². The van der Waals surface area contributed by atoms with Gasteiger partial charge >= 0.3 is 59.4 Å². The predicted octanol–water partition coefficient (Wildman–Crippen LogP) is -1.25. The van der Waals surface area contributed by atoms with Gasteiger partial charge in [0.25, 0.3) is 0 Å². The zero-order valence-electron chi connectivity index (χ0n) is 20.9. The predicted molar refractivity (Wildman–Crippen MR) is 134 cm³/mol. The number of anilines is 4. The summed E-state index contributed by atoms with van der Waals surface area (Å²) in [4.78, 5) is 114. The van der Waals surface area contributed by atoms with Crippen molar-refractivity contribution in [1.82, 2.24) is 0 Å². The van der Waals surface area contributed by atoms with E-state index in [1.165, 1.54) is 0 Å². The van der Waals surface area contributed by atoms with Crippen molar-refractivity contribution in [3.8, 4) is 0 Å². The molecule has 0 radical (unpaired) electrons. The summed E-state index contributed by atoms with van der Waals surface area (Å²) in [6.07, 6.45) is 0. The van der Waals surface area contributed by atoms with Crippen LogP contribution in [0.5, 0.6) is 0 Å². The summed E-state index contributed by atoms with van der Waals surface area (Å²) in [7, 11) is 0. The van der Waals surface area contributed by atoms with Crippen LogP contribution in [-0.2, 0) is 47.8 Å². The second-order valence-corrected chi connectivity index (χ2v) is 7.54. The van der Waals surface area contributed by atoms with Crippen molar-refractivity contribution >= 4 is 82.2 Å². The van der Waals surface area contributed by atoms with Gasteiger partial charge in [-0.25, -0.2) is 28.8 Å². The molecule has 224 valence electrons. The molecular weight excluding hydrogens is 588 g/mol. The first kappa shape index (κ1) is 32.4. The van der Waals surface area contributed by atoms with Gasteiger partial charge in [-0.15, -0.1) is 0 Å². The Labute approximate surface area is 236 Å². The van der Waals surface area contributed by atoms with Gasteiger partial charge in [0.2, 0.25) is 6.79 Å². The first-order valence-corrected chi connectivity index (χ1v) is 10.9. The van der Waals surface area contributed by atoms with Crippen molar-refractivity contribution in [2.45, 2.75) is 0 Å². The molecule has 43 heavy (non-hydrogen) atoms. The Kier molecular flexibility index (Phi) is 10.5. The number of hydrogen-bond donors (Lipinski definition) is 8.